The monoisotopic (exact) mass is 903 g/mol. The molecule has 3 rings (SSSR count). The molecule has 1 amide bonds. The summed E-state index contributed by atoms with van der Waals surface area (Å²) in [5.74, 6) is -1.02. The zero-order chi connectivity index (χ0) is 42.0. The molecule has 3 fully saturated rings. The Morgan fingerprint density at radius 2 is 1.19 bits per heavy atom. The molecule has 0 unspecified atom stereocenters. The largest absolute Gasteiger partial charge is 1.00 e. The van der Waals surface area contributed by atoms with Crippen molar-refractivity contribution < 1.29 is 167 Å². The molecule has 3 saturated heterocycles. The van der Waals surface area contributed by atoms with Crippen molar-refractivity contribution in [1.29, 1.82) is 0 Å². The van der Waals surface area contributed by atoms with E-state index in [2.05, 4.69) is 18.4 Å². The molecule has 0 bridgehead atoms. The van der Waals surface area contributed by atoms with Gasteiger partial charge in [-0.15, -0.1) is 0 Å². The average Bonchev–Trinajstić information content (AvgIpc) is 3.11. The maximum atomic E-state index is 12.6. The summed E-state index contributed by atoms with van der Waals surface area (Å²) in [4.78, 5) is 23.8. The normalized spacial score (nSPS) is 35.6. The van der Waals surface area contributed by atoms with Gasteiger partial charge in [-0.2, -0.15) is 0 Å². The van der Waals surface area contributed by atoms with Gasteiger partial charge in [0, 0.05) is 20.0 Å². The van der Waals surface area contributed by atoms with E-state index in [1.165, 1.54) is 14.0 Å². The van der Waals surface area contributed by atoms with Crippen molar-refractivity contribution >= 4 is 32.7 Å². The molecular formula is C30H51NNa2O23S2. The Morgan fingerprint density at radius 1 is 0.672 bits per heavy atom. The molecule has 58 heavy (non-hydrogen) atoms. The Morgan fingerprint density at radius 3 is 1.74 bits per heavy atom. The third-order valence-corrected chi connectivity index (χ3v) is 10.0. The van der Waals surface area contributed by atoms with E-state index in [4.69, 9.17) is 28.4 Å². The van der Waals surface area contributed by atoms with Crippen LogP contribution < -0.4 is 64.4 Å². The number of methoxy groups -OCH3 is 1. The van der Waals surface area contributed by atoms with Crippen LogP contribution in [0.4, 0.5) is 0 Å². The number of rotatable bonds is 21. The molecule has 3 aliphatic rings. The van der Waals surface area contributed by atoms with Crippen LogP contribution in [0.5, 0.6) is 0 Å². The number of carbonyl (C=O) groups is 2. The minimum Gasteiger partial charge on any atom is -0.726 e. The second kappa shape index (κ2) is 26.1. The Kier molecular flexibility index (Phi) is 25.3. The van der Waals surface area contributed by atoms with Crippen molar-refractivity contribution in [3.05, 3.63) is 0 Å². The number of unbranched alkanes of at least 4 members (excludes halogenated alkanes) is 5. The van der Waals surface area contributed by atoms with Gasteiger partial charge in [0.15, 0.2) is 18.9 Å². The predicted molar refractivity (Wildman–Crippen MR) is 177 cm³/mol. The van der Waals surface area contributed by atoms with Crippen molar-refractivity contribution in [1.82, 2.24) is 5.32 Å². The fourth-order valence-corrected chi connectivity index (χ4v) is 7.44. The smallest absolute Gasteiger partial charge is 0.726 e. The Hall–Kier alpha value is 0.200. The summed E-state index contributed by atoms with van der Waals surface area (Å²) in [6, 6.07) is -1.47. The van der Waals surface area contributed by atoms with Gasteiger partial charge in [-0.05, 0) is 19.8 Å². The average molecular weight is 904 g/mol. The van der Waals surface area contributed by atoms with Crippen molar-refractivity contribution in [2.75, 3.05) is 26.9 Å². The third kappa shape index (κ3) is 17.1. The number of carbonyl (C=O) groups excluding carboxylic acids is 2. The van der Waals surface area contributed by atoms with Gasteiger partial charge in [0.1, 0.15) is 67.1 Å². The molecule has 0 spiro atoms. The SMILES string of the molecule is COC(=O)CCCCCCCCO[C@@H]1O[C@H](CO)[C@@H](O[C@@H]2O[C@H](CO)[C@H](O)[C@H](OS(=O)(=O)[O-])[C@H]2O)[C@H](O[C@@H]2O[C@@H](C)[C@@H](OS(=O)(=O)[O-])[C@@H](O)[C@@H]2O)[C@H]1NC(C)=O.[Na+].[Na+]. The predicted octanol–water partition coefficient (Wildman–Crippen LogP) is -10.5. The first kappa shape index (κ1) is 56.2. The molecule has 0 aromatic heterocycles. The molecule has 0 radical (unpaired) electrons. The zero-order valence-electron chi connectivity index (χ0n) is 32.7. The number of aliphatic hydroxyl groups excluding tert-OH is 6. The summed E-state index contributed by atoms with van der Waals surface area (Å²) >= 11 is 0. The first-order valence-corrected chi connectivity index (χ1v) is 20.3. The quantitative estimate of drug-likeness (QED) is 0.0185. The summed E-state index contributed by atoms with van der Waals surface area (Å²) in [7, 11) is -9.67. The van der Waals surface area contributed by atoms with Gasteiger partial charge >= 0.3 is 65.1 Å². The zero-order valence-corrected chi connectivity index (χ0v) is 38.3. The molecule has 7 N–H and O–H groups in total. The Bertz CT molecular complexity index is 1470. The van der Waals surface area contributed by atoms with E-state index in [1.807, 2.05) is 0 Å². The molecule has 0 aromatic carbocycles. The molecular weight excluding hydrogens is 852 g/mol. The van der Waals surface area contributed by atoms with E-state index in [9.17, 15) is 66.2 Å². The first-order chi connectivity index (χ1) is 26.2. The standard InChI is InChI=1S/C30H53NO23S2.2Na/c1-14-24(53-55(40,41)42)21(37)22(38)29(48-14)52-26-19(31-15(2)34)28(47-11-9-7-5-4-6-8-10-18(35)46-3)50-17(13-33)25(26)51-30-23(39)27(54-56(43,44)45)20(36)16(12-32)49-30;;/h14,16-17,19-30,32-33,36-39H,4-13H2,1-3H3,(H,31,34)(H,40,41,42)(H,43,44,45);;/q;2*+1/p-2/t14-,16+,17+,19+,20-,21-,22-,23+,24+,25+,26+,27-,28+,29-,30-;;/m0../s1. The maximum Gasteiger partial charge on any atom is 1.00 e. The van der Waals surface area contributed by atoms with Gasteiger partial charge in [0.2, 0.25) is 26.7 Å². The second-order valence-electron chi connectivity index (χ2n) is 13.3. The van der Waals surface area contributed by atoms with Gasteiger partial charge in [-0.25, -0.2) is 16.8 Å². The Balaban J connectivity index is 0.00000841. The maximum absolute atomic E-state index is 12.6. The van der Waals surface area contributed by atoms with Crippen LogP contribution in [0.15, 0.2) is 0 Å². The van der Waals surface area contributed by atoms with Crippen LogP contribution in [0.2, 0.25) is 0 Å². The summed E-state index contributed by atoms with van der Waals surface area (Å²) in [5.41, 5.74) is 0. The van der Waals surface area contributed by atoms with E-state index in [0.29, 0.717) is 25.7 Å². The van der Waals surface area contributed by atoms with Crippen molar-refractivity contribution in [3.63, 3.8) is 0 Å². The van der Waals surface area contributed by atoms with Gasteiger partial charge in [0.25, 0.3) is 0 Å². The van der Waals surface area contributed by atoms with Crippen LogP contribution in [0.25, 0.3) is 0 Å². The van der Waals surface area contributed by atoms with Crippen LogP contribution >= 0.6 is 0 Å². The molecule has 0 aromatic rings. The molecule has 24 nitrogen and oxygen atoms in total. The van der Waals surface area contributed by atoms with Crippen LogP contribution in [0.1, 0.15) is 58.8 Å². The minimum absolute atomic E-state index is 0. The van der Waals surface area contributed by atoms with E-state index >= 15 is 0 Å². The number of aliphatic hydroxyl groups is 6. The number of hydrogen-bond acceptors (Lipinski definition) is 23. The fraction of sp³-hybridized carbons (Fsp3) is 0.933. The summed E-state index contributed by atoms with van der Waals surface area (Å²) in [6.07, 6.45) is -22.1. The van der Waals surface area contributed by atoms with E-state index in [-0.39, 0.29) is 71.7 Å². The van der Waals surface area contributed by atoms with Gasteiger partial charge < -0.3 is 78.2 Å². The molecule has 0 saturated carbocycles. The third-order valence-electron chi connectivity index (χ3n) is 9.12. The van der Waals surface area contributed by atoms with Crippen molar-refractivity contribution in [2.45, 2.75) is 151 Å². The van der Waals surface area contributed by atoms with Crippen LogP contribution in [0.3, 0.4) is 0 Å². The number of nitrogens with one attached hydrogen (secondary N) is 1. The topological polar surface area (TPSA) is 365 Å². The van der Waals surface area contributed by atoms with Crippen LogP contribution in [-0.2, 0) is 71.9 Å². The summed E-state index contributed by atoms with van der Waals surface area (Å²) in [5, 5.41) is 65.9. The summed E-state index contributed by atoms with van der Waals surface area (Å²) < 4.78 is 116. The van der Waals surface area contributed by atoms with Crippen LogP contribution in [0, 0.1) is 0 Å². The fourth-order valence-electron chi connectivity index (χ4n) is 6.40. The van der Waals surface area contributed by atoms with E-state index in [0.717, 1.165) is 26.2 Å². The molecule has 15 atom stereocenters. The molecule has 0 aliphatic carbocycles. The molecule has 328 valence electrons. The number of ether oxygens (including phenoxy) is 7. The number of amides is 1. The van der Waals surface area contributed by atoms with Gasteiger partial charge in [0.05, 0.1) is 26.4 Å². The Labute approximate surface area is 379 Å². The molecule has 28 heteroatoms. The van der Waals surface area contributed by atoms with Crippen molar-refractivity contribution in [3.8, 4) is 0 Å². The first-order valence-electron chi connectivity index (χ1n) is 17.7. The number of hydrogen-bond donors (Lipinski definition) is 7. The minimum atomic E-state index is -5.58. The van der Waals surface area contributed by atoms with Gasteiger partial charge in [-0.3, -0.25) is 18.0 Å². The van der Waals surface area contributed by atoms with E-state index < -0.39 is 132 Å². The summed E-state index contributed by atoms with van der Waals surface area (Å²) in [6.45, 7) is 0.344. The molecule has 3 heterocycles. The van der Waals surface area contributed by atoms with Gasteiger partial charge in [-0.1, -0.05) is 25.7 Å². The number of esters is 1. The van der Waals surface area contributed by atoms with Crippen LogP contribution in [-0.4, -0.2) is 187 Å². The molecule has 3 aliphatic heterocycles. The van der Waals surface area contributed by atoms with Crippen molar-refractivity contribution in [2.24, 2.45) is 0 Å². The van der Waals surface area contributed by atoms with E-state index in [1.54, 1.807) is 0 Å². The second-order valence-corrected chi connectivity index (χ2v) is 15.3.